The predicted molar refractivity (Wildman–Crippen MR) is 89.7 cm³/mol. The summed E-state index contributed by atoms with van der Waals surface area (Å²) in [6.45, 7) is 5.61. The molecule has 0 fully saturated rings. The maximum absolute atomic E-state index is 5.87. The van der Waals surface area contributed by atoms with E-state index < -0.39 is 0 Å². The van der Waals surface area contributed by atoms with Crippen molar-refractivity contribution in [3.63, 3.8) is 0 Å². The fourth-order valence-electron chi connectivity index (χ4n) is 1.86. The summed E-state index contributed by atoms with van der Waals surface area (Å²) in [7, 11) is 0. The molecular weight excluding hydrogens is 280 g/mol. The lowest BCUT2D eigenvalue weighted by molar-refractivity contribution is 0.827. The van der Waals surface area contributed by atoms with Crippen LogP contribution < -0.4 is 11.1 Å². The van der Waals surface area contributed by atoms with Crippen LogP contribution in [0.1, 0.15) is 36.0 Å². The smallest absolute Gasteiger partial charge is 0.188 e. The number of nitrogens with one attached hydrogen (secondary N) is 1. The van der Waals surface area contributed by atoms with Crippen LogP contribution in [-0.2, 0) is 13.0 Å². The average Bonchev–Trinajstić information content (AvgIpc) is 2.95. The molecule has 2 aromatic rings. The Morgan fingerprint density at radius 1 is 1.33 bits per heavy atom. The minimum Gasteiger partial charge on any atom is -0.370 e. The Morgan fingerprint density at radius 2 is 2.10 bits per heavy atom. The van der Waals surface area contributed by atoms with Gasteiger partial charge in [-0.05, 0) is 12.0 Å². The molecule has 0 atom stereocenters. The first kappa shape index (κ1) is 15.5. The molecule has 5 heteroatoms. The van der Waals surface area contributed by atoms with E-state index in [2.05, 4.69) is 46.7 Å². The SMILES string of the molecule is CC(C)c1nc(CN=C(N)NCCc2ccccc2)cs1. The number of nitrogens with two attached hydrogens (primary N) is 1. The van der Waals surface area contributed by atoms with Crippen LogP contribution in [0, 0.1) is 0 Å². The lowest BCUT2D eigenvalue weighted by atomic mass is 10.1. The predicted octanol–water partition coefficient (Wildman–Crippen LogP) is 2.91. The number of hydrogen-bond donors (Lipinski definition) is 2. The van der Waals surface area contributed by atoms with E-state index in [1.807, 2.05) is 18.2 Å². The number of aliphatic imine (C=N–C) groups is 1. The molecular formula is C16H22N4S. The molecule has 112 valence electrons. The van der Waals surface area contributed by atoms with Gasteiger partial charge in [0.1, 0.15) is 0 Å². The van der Waals surface area contributed by atoms with Gasteiger partial charge in [-0.15, -0.1) is 11.3 Å². The molecule has 0 saturated heterocycles. The molecule has 0 amide bonds. The van der Waals surface area contributed by atoms with Gasteiger partial charge >= 0.3 is 0 Å². The molecule has 1 aromatic heterocycles. The van der Waals surface area contributed by atoms with E-state index in [1.54, 1.807) is 11.3 Å². The number of rotatable bonds is 6. The summed E-state index contributed by atoms with van der Waals surface area (Å²) in [6.07, 6.45) is 0.936. The summed E-state index contributed by atoms with van der Waals surface area (Å²) < 4.78 is 0. The van der Waals surface area contributed by atoms with Crippen molar-refractivity contribution in [2.24, 2.45) is 10.7 Å². The molecule has 0 unspecified atom stereocenters. The Labute approximate surface area is 130 Å². The van der Waals surface area contributed by atoms with Crippen LogP contribution in [0.3, 0.4) is 0 Å². The first-order chi connectivity index (χ1) is 10.1. The molecule has 0 spiro atoms. The number of aromatic nitrogens is 1. The van der Waals surface area contributed by atoms with Crippen LogP contribution in [0.15, 0.2) is 40.7 Å². The van der Waals surface area contributed by atoms with Crippen LogP contribution >= 0.6 is 11.3 Å². The summed E-state index contributed by atoms with van der Waals surface area (Å²) in [5, 5.41) is 6.33. The summed E-state index contributed by atoms with van der Waals surface area (Å²) in [4.78, 5) is 8.86. The van der Waals surface area contributed by atoms with Crippen molar-refractivity contribution in [3.8, 4) is 0 Å². The Morgan fingerprint density at radius 3 is 2.76 bits per heavy atom. The third kappa shape index (κ3) is 5.19. The molecule has 0 saturated carbocycles. The molecule has 0 bridgehead atoms. The van der Waals surface area contributed by atoms with Crippen molar-refractivity contribution in [2.75, 3.05) is 6.54 Å². The van der Waals surface area contributed by atoms with Crippen molar-refractivity contribution >= 4 is 17.3 Å². The van der Waals surface area contributed by atoms with Crippen LogP contribution in [0.2, 0.25) is 0 Å². The normalized spacial score (nSPS) is 11.9. The Bertz CT molecular complexity index is 575. The van der Waals surface area contributed by atoms with Gasteiger partial charge in [0.2, 0.25) is 0 Å². The molecule has 4 nitrogen and oxygen atoms in total. The van der Waals surface area contributed by atoms with Gasteiger partial charge in [-0.1, -0.05) is 44.2 Å². The molecule has 0 aliphatic heterocycles. The highest BCUT2D eigenvalue weighted by Gasteiger charge is 2.05. The van der Waals surface area contributed by atoms with Crippen LogP contribution in [0.4, 0.5) is 0 Å². The third-order valence-corrected chi connectivity index (χ3v) is 4.23. The van der Waals surface area contributed by atoms with E-state index >= 15 is 0 Å². The van der Waals surface area contributed by atoms with Gasteiger partial charge < -0.3 is 11.1 Å². The summed E-state index contributed by atoms with van der Waals surface area (Å²) >= 11 is 1.68. The van der Waals surface area contributed by atoms with Crippen molar-refractivity contribution in [1.82, 2.24) is 10.3 Å². The van der Waals surface area contributed by atoms with Gasteiger partial charge in [-0.25, -0.2) is 9.98 Å². The summed E-state index contributed by atoms with van der Waals surface area (Å²) in [5.74, 6) is 0.944. The van der Waals surface area contributed by atoms with Gasteiger partial charge in [0.15, 0.2) is 5.96 Å². The molecule has 1 aromatic carbocycles. The minimum absolute atomic E-state index is 0.467. The van der Waals surface area contributed by atoms with E-state index in [0.717, 1.165) is 23.7 Å². The topological polar surface area (TPSA) is 63.3 Å². The first-order valence-corrected chi connectivity index (χ1v) is 8.05. The molecule has 0 aliphatic carbocycles. The molecule has 0 aliphatic rings. The highest BCUT2D eigenvalue weighted by atomic mass is 32.1. The fourth-order valence-corrected chi connectivity index (χ4v) is 2.69. The van der Waals surface area contributed by atoms with Crippen LogP contribution in [-0.4, -0.2) is 17.5 Å². The quantitative estimate of drug-likeness (QED) is 0.637. The van der Waals surface area contributed by atoms with E-state index in [1.165, 1.54) is 5.56 Å². The van der Waals surface area contributed by atoms with Gasteiger partial charge in [0.25, 0.3) is 0 Å². The molecule has 1 heterocycles. The van der Waals surface area contributed by atoms with Gasteiger partial charge in [-0.3, -0.25) is 0 Å². The fraction of sp³-hybridized carbons (Fsp3) is 0.375. The van der Waals surface area contributed by atoms with Crippen molar-refractivity contribution in [3.05, 3.63) is 52.0 Å². The van der Waals surface area contributed by atoms with E-state index in [-0.39, 0.29) is 0 Å². The molecule has 21 heavy (non-hydrogen) atoms. The van der Waals surface area contributed by atoms with E-state index in [0.29, 0.717) is 18.4 Å². The minimum atomic E-state index is 0.467. The van der Waals surface area contributed by atoms with E-state index in [9.17, 15) is 0 Å². The zero-order valence-corrected chi connectivity index (χ0v) is 13.4. The first-order valence-electron chi connectivity index (χ1n) is 7.17. The highest BCUT2D eigenvalue weighted by Crippen LogP contribution is 2.19. The third-order valence-electron chi connectivity index (χ3n) is 3.04. The molecule has 0 radical (unpaired) electrons. The lowest BCUT2D eigenvalue weighted by Crippen LogP contribution is -2.33. The maximum atomic E-state index is 5.87. The Kier molecular flexibility index (Phi) is 5.75. The highest BCUT2D eigenvalue weighted by molar-refractivity contribution is 7.09. The monoisotopic (exact) mass is 302 g/mol. The number of nitrogens with zero attached hydrogens (tertiary/aromatic N) is 2. The zero-order valence-electron chi connectivity index (χ0n) is 12.5. The molecule has 3 N–H and O–H groups in total. The van der Waals surface area contributed by atoms with Crippen molar-refractivity contribution in [2.45, 2.75) is 32.7 Å². The largest absolute Gasteiger partial charge is 0.370 e. The van der Waals surface area contributed by atoms with E-state index in [4.69, 9.17) is 5.73 Å². The molecule has 2 rings (SSSR count). The van der Waals surface area contributed by atoms with Gasteiger partial charge in [0, 0.05) is 17.8 Å². The van der Waals surface area contributed by atoms with Gasteiger partial charge in [0.05, 0.1) is 17.2 Å². The average molecular weight is 302 g/mol. The van der Waals surface area contributed by atoms with Crippen LogP contribution in [0.25, 0.3) is 0 Å². The number of benzene rings is 1. The maximum Gasteiger partial charge on any atom is 0.188 e. The van der Waals surface area contributed by atoms with Gasteiger partial charge in [-0.2, -0.15) is 0 Å². The van der Waals surface area contributed by atoms with Crippen LogP contribution in [0.5, 0.6) is 0 Å². The van der Waals surface area contributed by atoms with Crippen molar-refractivity contribution < 1.29 is 0 Å². The second kappa shape index (κ2) is 7.78. The second-order valence-corrected chi connectivity index (χ2v) is 6.09. The number of thiazole rings is 1. The lowest BCUT2D eigenvalue weighted by Gasteiger charge is -2.05. The zero-order chi connectivity index (χ0) is 15.1. The number of guanidine groups is 1. The Hall–Kier alpha value is -1.88. The second-order valence-electron chi connectivity index (χ2n) is 5.20. The van der Waals surface area contributed by atoms with Crippen molar-refractivity contribution in [1.29, 1.82) is 0 Å². The number of hydrogen-bond acceptors (Lipinski definition) is 3. The standard InChI is InChI=1S/C16H22N4S/c1-12(2)15-20-14(11-21-15)10-19-16(17)18-9-8-13-6-4-3-5-7-13/h3-7,11-12H,8-10H2,1-2H3,(H3,17,18,19). The summed E-state index contributed by atoms with van der Waals surface area (Å²) in [5.41, 5.74) is 8.14. The summed E-state index contributed by atoms with van der Waals surface area (Å²) in [6, 6.07) is 10.3. The Balaban J connectivity index is 1.76.